The summed E-state index contributed by atoms with van der Waals surface area (Å²) in [5, 5.41) is 13.3. The van der Waals surface area contributed by atoms with E-state index < -0.39 is 0 Å². The van der Waals surface area contributed by atoms with Crippen LogP contribution in [0.4, 0.5) is 0 Å². The zero-order valence-corrected chi connectivity index (χ0v) is 9.95. The lowest BCUT2D eigenvalue weighted by atomic mass is 10.1. The molecule has 2 rings (SSSR count). The number of aromatic hydroxyl groups is 1. The average molecular weight is 245 g/mol. The van der Waals surface area contributed by atoms with Crippen molar-refractivity contribution < 1.29 is 9.63 Å². The highest BCUT2D eigenvalue weighted by molar-refractivity contribution is 7.80. The van der Waals surface area contributed by atoms with Crippen LogP contribution in [0.5, 0.6) is 5.75 Å². The molecule has 0 aliphatic rings. The van der Waals surface area contributed by atoms with Crippen LogP contribution in [-0.4, -0.2) is 16.0 Å². The van der Waals surface area contributed by atoms with Crippen molar-refractivity contribution in [1.29, 1.82) is 0 Å². The molecule has 17 heavy (non-hydrogen) atoms. The molecule has 0 aliphatic heterocycles. The Morgan fingerprint density at radius 1 is 1.35 bits per heavy atom. The van der Waals surface area contributed by atoms with Crippen LogP contribution in [0.2, 0.25) is 0 Å². The lowest BCUT2D eigenvalue weighted by Gasteiger charge is -2.00. The Morgan fingerprint density at radius 2 is 2.24 bits per heavy atom. The summed E-state index contributed by atoms with van der Waals surface area (Å²) in [7, 11) is 0. The Hall–Kier alpha value is -1.86. The zero-order valence-electron chi connectivity index (χ0n) is 9.05. The molecule has 1 aromatic carbocycles. The molecule has 2 aromatic rings. The van der Waals surface area contributed by atoms with Crippen molar-refractivity contribution in [1.82, 2.24) is 5.16 Å². The number of thiol groups is 1. The minimum absolute atomic E-state index is 0.154. The van der Waals surface area contributed by atoms with Crippen molar-refractivity contribution in [3.05, 3.63) is 36.0 Å². The number of rotatable bonds is 2. The molecular formula is C13H11NO2S. The quantitative estimate of drug-likeness (QED) is 0.631. The van der Waals surface area contributed by atoms with Crippen LogP contribution in [0, 0.1) is 11.8 Å². The van der Waals surface area contributed by atoms with Gasteiger partial charge in [0.05, 0.1) is 11.8 Å². The Balaban J connectivity index is 2.34. The molecule has 3 nitrogen and oxygen atoms in total. The third-order valence-corrected chi connectivity index (χ3v) is 2.39. The van der Waals surface area contributed by atoms with E-state index in [9.17, 15) is 5.11 Å². The van der Waals surface area contributed by atoms with Gasteiger partial charge in [-0.3, -0.25) is 0 Å². The van der Waals surface area contributed by atoms with E-state index in [2.05, 4.69) is 29.6 Å². The largest absolute Gasteiger partial charge is 0.507 e. The van der Waals surface area contributed by atoms with Gasteiger partial charge in [0.25, 0.3) is 0 Å². The van der Waals surface area contributed by atoms with Crippen molar-refractivity contribution >= 4 is 12.6 Å². The molecule has 1 N–H and O–H groups in total. The predicted molar refractivity (Wildman–Crippen MR) is 69.0 cm³/mol. The second kappa shape index (κ2) is 5.46. The van der Waals surface area contributed by atoms with Crippen LogP contribution in [0.3, 0.4) is 0 Å². The standard InChI is InChI=1S/C13H11NO2S/c15-12-5-4-10(3-1-2-8-17)9-11(12)13-6-7-14-16-13/h4-7,9,15,17H,2,8H2. The van der Waals surface area contributed by atoms with E-state index in [0.717, 1.165) is 17.7 Å². The van der Waals surface area contributed by atoms with Gasteiger partial charge in [-0.2, -0.15) is 12.6 Å². The van der Waals surface area contributed by atoms with Crippen molar-refractivity contribution in [2.75, 3.05) is 5.75 Å². The van der Waals surface area contributed by atoms with Crippen LogP contribution in [0.25, 0.3) is 11.3 Å². The molecule has 1 aromatic heterocycles. The molecule has 0 fully saturated rings. The van der Waals surface area contributed by atoms with Gasteiger partial charge in [0.15, 0.2) is 5.76 Å². The van der Waals surface area contributed by atoms with Crippen molar-refractivity contribution in [3.63, 3.8) is 0 Å². The Bertz CT molecular complexity index is 553. The van der Waals surface area contributed by atoms with Gasteiger partial charge in [-0.15, -0.1) is 0 Å². The Morgan fingerprint density at radius 3 is 2.94 bits per heavy atom. The molecule has 0 amide bonds. The fourth-order valence-corrected chi connectivity index (χ4v) is 1.50. The first kappa shape index (κ1) is 11.6. The second-order valence-corrected chi connectivity index (χ2v) is 3.83. The monoisotopic (exact) mass is 245 g/mol. The average Bonchev–Trinajstić information content (AvgIpc) is 2.85. The molecular weight excluding hydrogens is 234 g/mol. The number of aromatic nitrogens is 1. The predicted octanol–water partition coefficient (Wildman–Crippen LogP) is 2.72. The smallest absolute Gasteiger partial charge is 0.170 e. The summed E-state index contributed by atoms with van der Waals surface area (Å²) in [4.78, 5) is 0. The third kappa shape index (κ3) is 2.83. The fourth-order valence-electron chi connectivity index (χ4n) is 1.39. The van der Waals surface area contributed by atoms with Gasteiger partial charge in [0.1, 0.15) is 5.75 Å². The van der Waals surface area contributed by atoms with Crippen LogP contribution in [0.15, 0.2) is 35.0 Å². The molecule has 0 saturated heterocycles. The summed E-state index contributed by atoms with van der Waals surface area (Å²) in [6, 6.07) is 6.84. The topological polar surface area (TPSA) is 46.3 Å². The number of phenols is 1. The minimum Gasteiger partial charge on any atom is -0.507 e. The summed E-state index contributed by atoms with van der Waals surface area (Å²) in [6.07, 6.45) is 2.27. The molecule has 0 radical (unpaired) electrons. The summed E-state index contributed by atoms with van der Waals surface area (Å²) < 4.78 is 5.01. The third-order valence-electron chi connectivity index (χ3n) is 2.17. The van der Waals surface area contributed by atoms with Crippen LogP contribution in [0.1, 0.15) is 12.0 Å². The van der Waals surface area contributed by atoms with Crippen LogP contribution in [-0.2, 0) is 0 Å². The molecule has 0 aliphatic carbocycles. The van der Waals surface area contributed by atoms with Crippen LogP contribution >= 0.6 is 12.6 Å². The van der Waals surface area contributed by atoms with E-state index in [4.69, 9.17) is 4.52 Å². The highest BCUT2D eigenvalue weighted by atomic mass is 32.1. The molecule has 1 heterocycles. The highest BCUT2D eigenvalue weighted by Crippen LogP contribution is 2.29. The van der Waals surface area contributed by atoms with Crippen molar-refractivity contribution in [3.8, 4) is 28.9 Å². The first-order chi connectivity index (χ1) is 8.31. The van der Waals surface area contributed by atoms with E-state index in [0.29, 0.717) is 11.3 Å². The first-order valence-corrected chi connectivity index (χ1v) is 5.78. The van der Waals surface area contributed by atoms with Crippen molar-refractivity contribution in [2.45, 2.75) is 6.42 Å². The molecule has 0 spiro atoms. The molecule has 0 saturated carbocycles. The van der Waals surface area contributed by atoms with E-state index >= 15 is 0 Å². The minimum atomic E-state index is 0.154. The maximum Gasteiger partial charge on any atom is 0.170 e. The van der Waals surface area contributed by atoms with Gasteiger partial charge >= 0.3 is 0 Å². The summed E-state index contributed by atoms with van der Waals surface area (Å²) in [5.74, 6) is 7.41. The van der Waals surface area contributed by atoms with Gasteiger partial charge in [-0.05, 0) is 18.2 Å². The van der Waals surface area contributed by atoms with E-state index in [-0.39, 0.29) is 5.75 Å². The summed E-state index contributed by atoms with van der Waals surface area (Å²) >= 11 is 4.09. The lowest BCUT2D eigenvalue weighted by molar-refractivity contribution is 0.426. The normalized spacial score (nSPS) is 9.71. The van der Waals surface area contributed by atoms with E-state index in [1.807, 2.05) is 0 Å². The number of nitrogens with zero attached hydrogens (tertiary/aromatic N) is 1. The number of hydrogen-bond acceptors (Lipinski definition) is 4. The summed E-state index contributed by atoms with van der Waals surface area (Å²) in [5.41, 5.74) is 1.43. The second-order valence-electron chi connectivity index (χ2n) is 3.38. The fraction of sp³-hybridized carbons (Fsp3) is 0.154. The zero-order chi connectivity index (χ0) is 12.1. The number of hydrogen-bond donors (Lipinski definition) is 2. The molecule has 86 valence electrons. The SMILES string of the molecule is Oc1ccc(C#CCCS)cc1-c1ccno1. The maximum atomic E-state index is 9.73. The van der Waals surface area contributed by atoms with E-state index in [1.54, 1.807) is 24.3 Å². The molecule has 4 heteroatoms. The molecule has 0 atom stereocenters. The maximum absolute atomic E-state index is 9.73. The number of phenolic OH excluding ortho intramolecular Hbond substituents is 1. The van der Waals surface area contributed by atoms with Crippen molar-refractivity contribution in [2.24, 2.45) is 0 Å². The first-order valence-electron chi connectivity index (χ1n) is 5.15. The van der Waals surface area contributed by atoms with Gasteiger partial charge in [0.2, 0.25) is 0 Å². The Kier molecular flexibility index (Phi) is 3.73. The van der Waals surface area contributed by atoms with Gasteiger partial charge in [-0.25, -0.2) is 0 Å². The molecule has 0 unspecified atom stereocenters. The van der Waals surface area contributed by atoms with Gasteiger partial charge < -0.3 is 9.63 Å². The summed E-state index contributed by atoms with van der Waals surface area (Å²) in [6.45, 7) is 0. The Labute approximate surface area is 105 Å². The lowest BCUT2D eigenvalue weighted by Crippen LogP contribution is -1.80. The van der Waals surface area contributed by atoms with Gasteiger partial charge in [0, 0.05) is 23.8 Å². The van der Waals surface area contributed by atoms with E-state index in [1.165, 1.54) is 6.20 Å². The van der Waals surface area contributed by atoms with Crippen LogP contribution < -0.4 is 0 Å². The van der Waals surface area contributed by atoms with Gasteiger partial charge in [-0.1, -0.05) is 17.0 Å². The molecule has 0 bridgehead atoms. The number of benzene rings is 1. The highest BCUT2D eigenvalue weighted by Gasteiger charge is 2.08.